The van der Waals surface area contributed by atoms with E-state index < -0.39 is 6.43 Å². The predicted octanol–water partition coefficient (Wildman–Crippen LogP) is 4.36. The quantitative estimate of drug-likeness (QED) is 0.883. The maximum Gasteiger partial charge on any atom is 0.255 e. The molecule has 0 unspecified atom stereocenters. The highest BCUT2D eigenvalue weighted by Gasteiger charge is 2.53. The second-order valence-corrected chi connectivity index (χ2v) is 8.11. The highest BCUT2D eigenvalue weighted by atomic mass is 19.3. The third-order valence-electron chi connectivity index (χ3n) is 6.90. The van der Waals surface area contributed by atoms with Gasteiger partial charge < -0.3 is 10.2 Å². The van der Waals surface area contributed by atoms with Gasteiger partial charge in [-0.05, 0) is 74.9 Å². The van der Waals surface area contributed by atoms with E-state index in [1.165, 1.54) is 49.8 Å². The molecule has 1 N–H and O–H groups in total. The molecule has 0 amide bonds. The summed E-state index contributed by atoms with van der Waals surface area (Å²) in [5.74, 6) is 0.775. The number of hydrogen-bond donors (Lipinski definition) is 1. The standard InChI is InChI=1S/C20H28F2N2/c1-13-9-16-14(10-17(13)23-12-19(21)22)11-18-15-5-3-4-6-20(15,16)7-8-24(18)2/h9-10,15,18-19,23H,3-8,11-12H2,1-2H3/t15-,18+,20+/m1/s1. The van der Waals surface area contributed by atoms with E-state index in [2.05, 4.69) is 36.3 Å². The number of aryl methyl sites for hydroxylation is 1. The molecule has 1 saturated heterocycles. The van der Waals surface area contributed by atoms with Crippen molar-refractivity contribution in [3.05, 3.63) is 28.8 Å². The van der Waals surface area contributed by atoms with E-state index in [-0.39, 0.29) is 6.54 Å². The minimum absolute atomic E-state index is 0.267. The first kappa shape index (κ1) is 16.3. The summed E-state index contributed by atoms with van der Waals surface area (Å²) in [6.45, 7) is 2.98. The zero-order valence-corrected chi connectivity index (χ0v) is 14.7. The monoisotopic (exact) mass is 334 g/mol. The lowest BCUT2D eigenvalue weighted by molar-refractivity contribution is 0.00285. The fourth-order valence-corrected chi connectivity index (χ4v) is 5.74. The molecular formula is C20H28F2N2. The average Bonchev–Trinajstić information content (AvgIpc) is 2.57. The number of piperidine rings is 1. The Bertz CT molecular complexity index is 630. The Morgan fingerprint density at radius 3 is 2.92 bits per heavy atom. The largest absolute Gasteiger partial charge is 0.379 e. The van der Waals surface area contributed by atoms with Gasteiger partial charge in [-0.15, -0.1) is 0 Å². The number of alkyl halides is 2. The number of rotatable bonds is 3. The molecule has 132 valence electrons. The van der Waals surface area contributed by atoms with Crippen molar-refractivity contribution in [2.75, 3.05) is 25.5 Å². The number of benzene rings is 1. The van der Waals surface area contributed by atoms with Crippen LogP contribution in [0.4, 0.5) is 14.5 Å². The van der Waals surface area contributed by atoms with Crippen molar-refractivity contribution < 1.29 is 8.78 Å². The van der Waals surface area contributed by atoms with Gasteiger partial charge in [0.05, 0.1) is 6.54 Å². The van der Waals surface area contributed by atoms with Gasteiger partial charge in [-0.2, -0.15) is 0 Å². The Morgan fingerprint density at radius 1 is 1.29 bits per heavy atom. The van der Waals surface area contributed by atoms with Crippen LogP contribution in [0.15, 0.2) is 12.1 Å². The van der Waals surface area contributed by atoms with Crippen LogP contribution in [0.3, 0.4) is 0 Å². The Hall–Kier alpha value is -1.16. The lowest BCUT2D eigenvalue weighted by Gasteiger charge is -2.58. The van der Waals surface area contributed by atoms with Crippen LogP contribution in [0.5, 0.6) is 0 Å². The number of anilines is 1. The molecule has 0 radical (unpaired) electrons. The van der Waals surface area contributed by atoms with Crippen LogP contribution >= 0.6 is 0 Å². The Morgan fingerprint density at radius 2 is 2.12 bits per heavy atom. The Balaban J connectivity index is 1.76. The maximum absolute atomic E-state index is 12.6. The Kier molecular flexibility index (Phi) is 4.06. The molecule has 24 heavy (non-hydrogen) atoms. The van der Waals surface area contributed by atoms with Gasteiger partial charge in [0.2, 0.25) is 0 Å². The molecule has 2 nitrogen and oxygen atoms in total. The van der Waals surface area contributed by atoms with Crippen molar-refractivity contribution >= 4 is 5.69 Å². The van der Waals surface area contributed by atoms with Crippen LogP contribution in [0.1, 0.15) is 48.8 Å². The van der Waals surface area contributed by atoms with Gasteiger partial charge in [-0.25, -0.2) is 8.78 Å². The second kappa shape index (κ2) is 5.98. The summed E-state index contributed by atoms with van der Waals surface area (Å²) in [7, 11) is 2.26. The highest BCUT2D eigenvalue weighted by molar-refractivity contribution is 5.58. The number of likely N-dealkylation sites (tertiary alicyclic amines) is 1. The van der Waals surface area contributed by atoms with E-state index >= 15 is 0 Å². The number of hydrogen-bond acceptors (Lipinski definition) is 2. The van der Waals surface area contributed by atoms with E-state index in [1.54, 1.807) is 0 Å². The zero-order valence-electron chi connectivity index (χ0n) is 14.7. The van der Waals surface area contributed by atoms with Gasteiger partial charge in [0.1, 0.15) is 0 Å². The first-order valence-electron chi connectivity index (χ1n) is 9.37. The van der Waals surface area contributed by atoms with Crippen molar-refractivity contribution in [3.8, 4) is 0 Å². The molecular weight excluding hydrogens is 306 g/mol. The average molecular weight is 334 g/mol. The van der Waals surface area contributed by atoms with Crippen LogP contribution < -0.4 is 5.32 Å². The lowest BCUT2D eigenvalue weighted by atomic mass is 9.52. The molecule has 0 aromatic heterocycles. The van der Waals surface area contributed by atoms with E-state index in [1.807, 2.05) is 0 Å². The number of nitrogens with zero attached hydrogens (tertiary/aromatic N) is 1. The second-order valence-electron chi connectivity index (χ2n) is 8.11. The van der Waals surface area contributed by atoms with Crippen LogP contribution in [0.2, 0.25) is 0 Å². The van der Waals surface area contributed by atoms with Crippen molar-refractivity contribution in [3.63, 3.8) is 0 Å². The minimum atomic E-state index is -2.31. The molecule has 2 aliphatic carbocycles. The lowest BCUT2D eigenvalue weighted by Crippen LogP contribution is -2.59. The molecule has 3 atom stereocenters. The van der Waals surface area contributed by atoms with Crippen molar-refractivity contribution in [1.82, 2.24) is 4.90 Å². The van der Waals surface area contributed by atoms with E-state index in [9.17, 15) is 8.78 Å². The highest BCUT2D eigenvalue weighted by Crippen LogP contribution is 2.56. The fourth-order valence-electron chi connectivity index (χ4n) is 5.74. The third kappa shape index (κ3) is 2.45. The minimum Gasteiger partial charge on any atom is -0.379 e. The van der Waals surface area contributed by atoms with Crippen LogP contribution in [0, 0.1) is 12.8 Å². The molecule has 3 aliphatic rings. The maximum atomic E-state index is 12.6. The summed E-state index contributed by atoms with van der Waals surface area (Å²) in [5, 5.41) is 2.95. The van der Waals surface area contributed by atoms with E-state index in [4.69, 9.17) is 0 Å². The van der Waals surface area contributed by atoms with Crippen LogP contribution in [0.25, 0.3) is 0 Å². The van der Waals surface area contributed by atoms with Gasteiger partial charge in [0.25, 0.3) is 6.43 Å². The van der Waals surface area contributed by atoms with E-state index in [0.29, 0.717) is 11.5 Å². The first-order valence-corrected chi connectivity index (χ1v) is 9.37. The van der Waals surface area contributed by atoms with Gasteiger partial charge >= 0.3 is 0 Å². The summed E-state index contributed by atoms with van der Waals surface area (Å²) < 4.78 is 25.2. The fraction of sp³-hybridized carbons (Fsp3) is 0.700. The van der Waals surface area contributed by atoms with Gasteiger partial charge in [0, 0.05) is 17.1 Å². The zero-order chi connectivity index (χ0) is 16.9. The summed E-state index contributed by atoms with van der Waals surface area (Å²) in [5.41, 5.74) is 5.28. The molecule has 1 aromatic carbocycles. The molecule has 1 aromatic rings. The summed E-state index contributed by atoms with van der Waals surface area (Å²) >= 11 is 0. The van der Waals surface area contributed by atoms with Crippen LogP contribution in [-0.2, 0) is 11.8 Å². The molecule has 2 fully saturated rings. The molecule has 1 saturated carbocycles. The van der Waals surface area contributed by atoms with Crippen molar-refractivity contribution in [2.45, 2.75) is 63.3 Å². The van der Waals surface area contributed by atoms with E-state index in [0.717, 1.165) is 23.6 Å². The normalized spacial score (nSPS) is 32.4. The van der Waals surface area contributed by atoms with Crippen molar-refractivity contribution in [2.24, 2.45) is 5.92 Å². The molecule has 4 rings (SSSR count). The summed E-state index contributed by atoms with van der Waals surface area (Å²) in [6, 6.07) is 5.12. The number of fused-ring (bicyclic) bond motifs is 1. The Labute approximate surface area is 143 Å². The molecule has 1 aliphatic heterocycles. The third-order valence-corrected chi connectivity index (χ3v) is 6.90. The number of halogens is 2. The number of likely N-dealkylation sites (N-methyl/N-ethyl adjacent to an activating group) is 1. The SMILES string of the molecule is Cc1cc2c(cc1NCC(F)F)C[C@H]1[C@H]3CCCC[C@@]23CCN1C. The summed E-state index contributed by atoms with van der Waals surface area (Å²) in [4.78, 5) is 2.54. The number of nitrogens with one attached hydrogen (secondary N) is 1. The molecule has 2 bridgehead atoms. The molecule has 0 spiro atoms. The molecule has 4 heteroatoms. The predicted molar refractivity (Wildman–Crippen MR) is 94.0 cm³/mol. The van der Waals surface area contributed by atoms with Crippen molar-refractivity contribution in [1.29, 1.82) is 0 Å². The van der Waals surface area contributed by atoms with Crippen LogP contribution in [-0.4, -0.2) is 37.5 Å². The molecule has 1 heterocycles. The summed E-state index contributed by atoms with van der Waals surface area (Å²) in [6.07, 6.45) is 5.35. The smallest absolute Gasteiger partial charge is 0.255 e. The topological polar surface area (TPSA) is 15.3 Å². The van der Waals surface area contributed by atoms with Gasteiger partial charge in [-0.3, -0.25) is 0 Å². The van der Waals surface area contributed by atoms with Gasteiger partial charge in [-0.1, -0.05) is 18.9 Å². The van der Waals surface area contributed by atoms with Gasteiger partial charge in [0.15, 0.2) is 0 Å². The first-order chi connectivity index (χ1) is 11.5.